The Kier molecular flexibility index (Phi) is 8.46. The summed E-state index contributed by atoms with van der Waals surface area (Å²) in [6.45, 7) is 2.57. The number of nitrogens with two attached hydrogens (primary N) is 2. The first-order valence-electron chi connectivity index (χ1n) is 11.1. The van der Waals surface area contributed by atoms with E-state index in [-0.39, 0.29) is 24.5 Å². The van der Waals surface area contributed by atoms with E-state index in [2.05, 4.69) is 20.2 Å². The van der Waals surface area contributed by atoms with E-state index < -0.39 is 0 Å². The maximum Gasteiger partial charge on any atom is 0.258 e. The molecule has 4 rings (SSSR count). The number of rotatable bonds is 8. The summed E-state index contributed by atoms with van der Waals surface area (Å²) in [5.41, 5.74) is 13.6. The first-order valence-corrected chi connectivity index (χ1v) is 12.7. The van der Waals surface area contributed by atoms with Gasteiger partial charge in [0.15, 0.2) is 12.6 Å². The number of halogens is 2. The van der Waals surface area contributed by atoms with Gasteiger partial charge in [-0.25, -0.2) is 4.98 Å². The Morgan fingerprint density at radius 2 is 1.89 bits per heavy atom. The second-order valence-electron chi connectivity index (χ2n) is 8.23. The van der Waals surface area contributed by atoms with Crippen molar-refractivity contribution >= 4 is 51.5 Å². The van der Waals surface area contributed by atoms with Crippen molar-refractivity contribution < 1.29 is 9.53 Å². The molecule has 0 spiro atoms. The van der Waals surface area contributed by atoms with Crippen molar-refractivity contribution in [3.63, 3.8) is 0 Å². The summed E-state index contributed by atoms with van der Waals surface area (Å²) < 4.78 is 5.66. The van der Waals surface area contributed by atoms with E-state index in [0.29, 0.717) is 20.9 Å². The number of ether oxygens (including phenoxy) is 1. The maximum atomic E-state index is 12.4. The zero-order valence-corrected chi connectivity index (χ0v) is 21.2. The predicted octanol–water partition coefficient (Wildman–Crippen LogP) is 4.18. The first-order chi connectivity index (χ1) is 16.9. The van der Waals surface area contributed by atoms with E-state index in [1.54, 1.807) is 0 Å². The van der Waals surface area contributed by atoms with Crippen LogP contribution in [-0.2, 0) is 11.3 Å². The van der Waals surface area contributed by atoms with Gasteiger partial charge < -0.3 is 21.5 Å². The van der Waals surface area contributed by atoms with Crippen LogP contribution in [0.5, 0.6) is 5.75 Å². The fraction of sp³-hybridized carbons (Fsp3) is 0.292. The molecule has 0 unspecified atom stereocenters. The topological polar surface area (TPSA) is 119 Å². The number of thiazole rings is 1. The Hall–Kier alpha value is -2.85. The lowest BCUT2D eigenvalue weighted by molar-refractivity contribution is -0.124. The quantitative estimate of drug-likeness (QED) is 0.295. The van der Waals surface area contributed by atoms with Gasteiger partial charge in [0, 0.05) is 36.6 Å². The Bertz CT molecular complexity index is 1190. The average Bonchev–Trinajstić information content (AvgIpc) is 3.29. The van der Waals surface area contributed by atoms with Gasteiger partial charge in [0.05, 0.1) is 15.7 Å². The smallest absolute Gasteiger partial charge is 0.258 e. The van der Waals surface area contributed by atoms with E-state index in [1.807, 2.05) is 47.8 Å². The van der Waals surface area contributed by atoms with E-state index in [1.165, 1.54) is 11.3 Å². The number of hydrogen-bond acceptors (Lipinski definition) is 6. The summed E-state index contributed by atoms with van der Waals surface area (Å²) in [7, 11) is 0. The molecule has 0 atom stereocenters. The van der Waals surface area contributed by atoms with Crippen LogP contribution < -0.4 is 21.5 Å². The highest BCUT2D eigenvalue weighted by atomic mass is 35.5. The molecule has 35 heavy (non-hydrogen) atoms. The Labute approximate surface area is 217 Å². The lowest BCUT2D eigenvalue weighted by Crippen LogP contribution is -2.45. The van der Waals surface area contributed by atoms with Crippen LogP contribution in [-0.4, -0.2) is 47.5 Å². The highest BCUT2D eigenvalue weighted by Gasteiger charge is 2.21. The highest BCUT2D eigenvalue weighted by molar-refractivity contribution is 7.13. The van der Waals surface area contributed by atoms with Crippen LogP contribution in [0.3, 0.4) is 0 Å². The van der Waals surface area contributed by atoms with Crippen molar-refractivity contribution in [2.75, 3.05) is 19.7 Å². The number of likely N-dealkylation sites (tertiary alicyclic amines) is 1. The molecule has 1 aliphatic rings. The molecule has 2 aromatic carbocycles. The van der Waals surface area contributed by atoms with Crippen molar-refractivity contribution in [1.82, 2.24) is 15.2 Å². The van der Waals surface area contributed by atoms with Crippen LogP contribution in [0.1, 0.15) is 18.4 Å². The number of aliphatic imine (C=N–C) groups is 1. The van der Waals surface area contributed by atoms with Gasteiger partial charge in [-0.05, 0) is 54.8 Å². The number of nitrogens with zero attached hydrogens (tertiary/aromatic N) is 3. The zero-order chi connectivity index (χ0) is 24.8. The summed E-state index contributed by atoms with van der Waals surface area (Å²) in [4.78, 5) is 23.1. The van der Waals surface area contributed by atoms with Gasteiger partial charge in [-0.2, -0.15) is 4.99 Å². The van der Waals surface area contributed by atoms with Crippen LogP contribution in [0.15, 0.2) is 52.8 Å². The molecule has 3 aromatic rings. The van der Waals surface area contributed by atoms with Crippen LogP contribution in [0.2, 0.25) is 10.0 Å². The standard InChI is InChI=1S/C24H26Cl2N6O2S/c25-19-6-1-15(11-20(19)26)12-32-9-7-17(8-10-32)29-22(33)13-34-18-4-2-16(3-5-18)21-14-35-24(30-21)31-23(27)28/h1-6,11,14,17H,7-10,12-13H2,(H,29,33)(H4,27,28,30,31). The van der Waals surface area contributed by atoms with Crippen molar-refractivity contribution in [3.05, 3.63) is 63.5 Å². The van der Waals surface area contributed by atoms with Crippen molar-refractivity contribution in [3.8, 4) is 17.0 Å². The van der Waals surface area contributed by atoms with E-state index in [0.717, 1.165) is 49.3 Å². The van der Waals surface area contributed by atoms with E-state index in [4.69, 9.17) is 39.4 Å². The number of carbonyl (C=O) groups excluding carboxylic acids is 1. The third kappa shape index (κ3) is 7.32. The third-order valence-corrected chi connectivity index (χ3v) is 7.05. The molecule has 8 nitrogen and oxygen atoms in total. The van der Waals surface area contributed by atoms with Gasteiger partial charge in [-0.1, -0.05) is 29.3 Å². The summed E-state index contributed by atoms with van der Waals surface area (Å²) >= 11 is 13.5. The predicted molar refractivity (Wildman–Crippen MR) is 141 cm³/mol. The van der Waals surface area contributed by atoms with Crippen molar-refractivity contribution in [2.24, 2.45) is 16.5 Å². The number of hydrogen-bond donors (Lipinski definition) is 3. The largest absolute Gasteiger partial charge is 0.484 e. The van der Waals surface area contributed by atoms with Crippen molar-refractivity contribution in [1.29, 1.82) is 0 Å². The van der Waals surface area contributed by atoms with Crippen LogP contribution in [0, 0.1) is 0 Å². The van der Waals surface area contributed by atoms with Crippen LogP contribution in [0.25, 0.3) is 11.3 Å². The molecule has 0 bridgehead atoms. The number of benzene rings is 2. The minimum Gasteiger partial charge on any atom is -0.484 e. The fourth-order valence-corrected chi connectivity index (χ4v) is 4.87. The monoisotopic (exact) mass is 532 g/mol. The molecular formula is C24H26Cl2N6O2S. The summed E-state index contributed by atoms with van der Waals surface area (Å²) in [6, 6.07) is 13.2. The number of carbonyl (C=O) groups is 1. The van der Waals surface area contributed by atoms with Gasteiger partial charge in [-0.15, -0.1) is 11.3 Å². The van der Waals surface area contributed by atoms with Gasteiger partial charge in [-0.3, -0.25) is 9.69 Å². The summed E-state index contributed by atoms with van der Waals surface area (Å²) in [5, 5.41) is 6.58. The minimum absolute atomic E-state index is 0.0261. The van der Waals surface area contributed by atoms with E-state index in [9.17, 15) is 4.79 Å². The molecule has 0 aliphatic carbocycles. The number of aromatic nitrogens is 1. The normalized spacial score (nSPS) is 14.5. The third-order valence-electron chi connectivity index (χ3n) is 5.58. The van der Waals surface area contributed by atoms with Crippen molar-refractivity contribution in [2.45, 2.75) is 25.4 Å². The Morgan fingerprint density at radius 1 is 1.14 bits per heavy atom. The molecule has 2 heterocycles. The molecular weight excluding hydrogens is 507 g/mol. The zero-order valence-electron chi connectivity index (χ0n) is 18.9. The fourth-order valence-electron chi connectivity index (χ4n) is 3.83. The van der Waals surface area contributed by atoms with Gasteiger partial charge in [0.25, 0.3) is 5.91 Å². The molecule has 1 fully saturated rings. The molecule has 1 amide bonds. The molecule has 184 valence electrons. The molecule has 1 aromatic heterocycles. The molecule has 11 heteroatoms. The second kappa shape index (κ2) is 11.7. The molecule has 1 saturated heterocycles. The molecule has 5 N–H and O–H groups in total. The van der Waals surface area contributed by atoms with Gasteiger partial charge >= 0.3 is 0 Å². The second-order valence-corrected chi connectivity index (χ2v) is 9.88. The molecule has 1 aliphatic heterocycles. The lowest BCUT2D eigenvalue weighted by atomic mass is 10.0. The maximum absolute atomic E-state index is 12.4. The Balaban J connectivity index is 1.19. The van der Waals surface area contributed by atoms with Crippen LogP contribution in [0.4, 0.5) is 5.13 Å². The highest BCUT2D eigenvalue weighted by Crippen LogP contribution is 2.28. The number of amides is 1. The number of nitrogens with one attached hydrogen (secondary N) is 1. The average molecular weight is 533 g/mol. The van der Waals surface area contributed by atoms with Crippen LogP contribution >= 0.6 is 34.5 Å². The minimum atomic E-state index is -0.126. The summed E-state index contributed by atoms with van der Waals surface area (Å²) in [5.74, 6) is 0.459. The summed E-state index contributed by atoms with van der Waals surface area (Å²) in [6.07, 6.45) is 1.77. The van der Waals surface area contributed by atoms with Gasteiger partial charge in [0.2, 0.25) is 5.13 Å². The number of guanidine groups is 1. The lowest BCUT2D eigenvalue weighted by Gasteiger charge is -2.32. The van der Waals surface area contributed by atoms with E-state index >= 15 is 0 Å². The SMILES string of the molecule is NC(N)=Nc1nc(-c2ccc(OCC(=O)NC3CCN(Cc4ccc(Cl)c(Cl)c4)CC3)cc2)cs1. The van der Waals surface area contributed by atoms with Gasteiger partial charge in [0.1, 0.15) is 5.75 Å². The Morgan fingerprint density at radius 3 is 2.57 bits per heavy atom. The number of piperidine rings is 1. The molecule has 0 radical (unpaired) electrons. The molecule has 0 saturated carbocycles. The first kappa shape index (κ1) is 25.2.